The van der Waals surface area contributed by atoms with Gasteiger partial charge in [-0.2, -0.15) is 0 Å². The average Bonchev–Trinajstić information content (AvgIpc) is 3.19. The van der Waals surface area contributed by atoms with E-state index in [0.717, 1.165) is 35.1 Å². The zero-order chi connectivity index (χ0) is 17.9. The molecule has 0 aliphatic carbocycles. The molecular weight excluding hydrogens is 463 g/mol. The van der Waals surface area contributed by atoms with Crippen molar-refractivity contribution in [2.24, 2.45) is 4.99 Å². The smallest absolute Gasteiger partial charge is 0.261 e. The fourth-order valence-corrected chi connectivity index (χ4v) is 2.88. The molecule has 6 nitrogen and oxygen atoms in total. The van der Waals surface area contributed by atoms with E-state index in [1.165, 1.54) is 11.3 Å². The minimum absolute atomic E-state index is 0. The van der Waals surface area contributed by atoms with Gasteiger partial charge in [-0.05, 0) is 23.9 Å². The van der Waals surface area contributed by atoms with Crippen molar-refractivity contribution in [1.29, 1.82) is 0 Å². The topological polar surface area (TPSA) is 74.8 Å². The number of para-hydroxylation sites is 1. The van der Waals surface area contributed by atoms with Crippen molar-refractivity contribution in [1.82, 2.24) is 16.0 Å². The molecule has 0 radical (unpaired) electrons. The van der Waals surface area contributed by atoms with Crippen LogP contribution in [-0.2, 0) is 6.54 Å². The number of halogens is 1. The number of hydrogen-bond donors (Lipinski definition) is 3. The molecule has 0 spiro atoms. The maximum atomic E-state index is 11.8. The summed E-state index contributed by atoms with van der Waals surface area (Å²) in [6.45, 7) is 1.96. The minimum Gasteiger partial charge on any atom is -0.496 e. The van der Waals surface area contributed by atoms with Crippen molar-refractivity contribution in [3.8, 4) is 5.75 Å². The van der Waals surface area contributed by atoms with Crippen LogP contribution in [0.2, 0.25) is 0 Å². The molecule has 0 saturated carbocycles. The lowest BCUT2D eigenvalue weighted by Crippen LogP contribution is -2.38. The van der Waals surface area contributed by atoms with Crippen molar-refractivity contribution in [3.05, 3.63) is 52.2 Å². The zero-order valence-electron chi connectivity index (χ0n) is 15.0. The first-order chi connectivity index (χ1) is 12.2. The highest BCUT2D eigenvalue weighted by Gasteiger charge is 2.05. The molecule has 0 aliphatic rings. The number of hydrogen-bond acceptors (Lipinski definition) is 4. The molecular formula is C18H25IN4O2S. The zero-order valence-corrected chi connectivity index (χ0v) is 18.1. The third-order valence-electron chi connectivity index (χ3n) is 3.54. The highest BCUT2D eigenvalue weighted by atomic mass is 127. The van der Waals surface area contributed by atoms with Crippen molar-refractivity contribution in [2.75, 3.05) is 27.2 Å². The van der Waals surface area contributed by atoms with Gasteiger partial charge in [-0.3, -0.25) is 9.79 Å². The van der Waals surface area contributed by atoms with Crippen LogP contribution in [0, 0.1) is 0 Å². The molecule has 2 rings (SSSR count). The van der Waals surface area contributed by atoms with Crippen LogP contribution in [0.1, 0.15) is 21.7 Å². The van der Waals surface area contributed by atoms with E-state index in [1.54, 1.807) is 14.2 Å². The summed E-state index contributed by atoms with van der Waals surface area (Å²) in [7, 11) is 3.40. The Labute approximate surface area is 175 Å². The van der Waals surface area contributed by atoms with Crippen LogP contribution in [0.3, 0.4) is 0 Å². The van der Waals surface area contributed by atoms with Crippen molar-refractivity contribution in [2.45, 2.75) is 13.0 Å². The van der Waals surface area contributed by atoms with E-state index in [2.05, 4.69) is 20.9 Å². The minimum atomic E-state index is -0.0197. The first-order valence-electron chi connectivity index (χ1n) is 8.12. The number of nitrogens with zero attached hydrogens (tertiary/aromatic N) is 1. The molecule has 1 amide bonds. The molecule has 1 heterocycles. The highest BCUT2D eigenvalue weighted by Crippen LogP contribution is 2.16. The van der Waals surface area contributed by atoms with Gasteiger partial charge in [-0.1, -0.05) is 24.3 Å². The second-order valence-electron chi connectivity index (χ2n) is 5.25. The van der Waals surface area contributed by atoms with Gasteiger partial charge < -0.3 is 20.7 Å². The van der Waals surface area contributed by atoms with E-state index in [0.29, 0.717) is 13.1 Å². The van der Waals surface area contributed by atoms with Crippen LogP contribution in [0.5, 0.6) is 5.75 Å². The normalized spacial score (nSPS) is 10.6. The molecule has 1 aromatic carbocycles. The molecule has 8 heteroatoms. The van der Waals surface area contributed by atoms with Crippen LogP contribution in [-0.4, -0.2) is 39.1 Å². The number of amides is 1. The number of nitrogens with one attached hydrogen (secondary N) is 3. The first-order valence-corrected chi connectivity index (χ1v) is 9.00. The predicted molar refractivity (Wildman–Crippen MR) is 118 cm³/mol. The van der Waals surface area contributed by atoms with Gasteiger partial charge in [0.25, 0.3) is 5.91 Å². The summed E-state index contributed by atoms with van der Waals surface area (Å²) in [5.74, 6) is 1.55. The van der Waals surface area contributed by atoms with Crippen LogP contribution < -0.4 is 20.7 Å². The number of carbonyl (C=O) groups excluding carboxylic acids is 1. The second-order valence-corrected chi connectivity index (χ2v) is 6.20. The first kappa shape index (κ1) is 22.2. The van der Waals surface area contributed by atoms with Crippen molar-refractivity contribution in [3.63, 3.8) is 0 Å². The van der Waals surface area contributed by atoms with Gasteiger partial charge in [0.1, 0.15) is 5.75 Å². The second kappa shape index (κ2) is 12.5. The summed E-state index contributed by atoms with van der Waals surface area (Å²) in [6.07, 6.45) is 0.812. The summed E-state index contributed by atoms with van der Waals surface area (Å²) in [5, 5.41) is 11.3. The molecule has 0 atom stereocenters. The van der Waals surface area contributed by atoms with Gasteiger partial charge >= 0.3 is 0 Å². The van der Waals surface area contributed by atoms with Gasteiger partial charge in [0.2, 0.25) is 0 Å². The van der Waals surface area contributed by atoms with Crippen LogP contribution in [0.25, 0.3) is 0 Å². The standard InChI is InChI=1S/C18H24N4O2S.HI/c1-19-18(22-13-14-7-3-4-8-15(14)24-2)21-11-6-10-20-17(23)16-9-5-12-25-16;/h3-5,7-9,12H,6,10-11,13H2,1-2H3,(H,20,23)(H2,19,21,22);1H. The predicted octanol–water partition coefficient (Wildman–Crippen LogP) is 2.86. The van der Waals surface area contributed by atoms with Gasteiger partial charge in [-0.15, -0.1) is 35.3 Å². The van der Waals surface area contributed by atoms with Gasteiger partial charge in [0.05, 0.1) is 12.0 Å². The van der Waals surface area contributed by atoms with Gasteiger partial charge in [0, 0.05) is 32.2 Å². The van der Waals surface area contributed by atoms with E-state index in [9.17, 15) is 4.79 Å². The fraction of sp³-hybridized carbons (Fsp3) is 0.333. The molecule has 3 N–H and O–H groups in total. The van der Waals surface area contributed by atoms with Crippen LogP contribution >= 0.6 is 35.3 Å². The third-order valence-corrected chi connectivity index (χ3v) is 4.41. The van der Waals surface area contributed by atoms with Crippen molar-refractivity contribution < 1.29 is 9.53 Å². The Morgan fingerprint density at radius 3 is 2.58 bits per heavy atom. The third kappa shape index (κ3) is 7.20. The summed E-state index contributed by atoms with van der Waals surface area (Å²) in [6, 6.07) is 11.6. The largest absolute Gasteiger partial charge is 0.496 e. The molecule has 0 fully saturated rings. The lowest BCUT2D eigenvalue weighted by molar-refractivity contribution is 0.0957. The van der Waals surface area contributed by atoms with Gasteiger partial charge in [-0.25, -0.2) is 0 Å². The molecule has 1 aromatic heterocycles. The van der Waals surface area contributed by atoms with E-state index < -0.39 is 0 Å². The Kier molecular flexibility index (Phi) is 10.7. The Hall–Kier alpha value is -1.81. The Balaban J connectivity index is 0.00000338. The molecule has 2 aromatic rings. The average molecular weight is 488 g/mol. The van der Waals surface area contributed by atoms with Gasteiger partial charge in [0.15, 0.2) is 5.96 Å². The molecule has 0 saturated heterocycles. The van der Waals surface area contributed by atoms with E-state index in [4.69, 9.17) is 4.74 Å². The summed E-state index contributed by atoms with van der Waals surface area (Å²) in [5.41, 5.74) is 1.07. The number of guanidine groups is 1. The Bertz CT molecular complexity index is 692. The number of thiophene rings is 1. The quantitative estimate of drug-likeness (QED) is 0.231. The summed E-state index contributed by atoms with van der Waals surface area (Å²) >= 11 is 1.44. The Morgan fingerprint density at radius 2 is 1.88 bits per heavy atom. The number of ether oxygens (including phenoxy) is 1. The molecule has 26 heavy (non-hydrogen) atoms. The molecule has 0 aliphatic heterocycles. The number of aliphatic imine (C=N–C) groups is 1. The molecule has 0 unspecified atom stereocenters. The Morgan fingerprint density at radius 1 is 1.12 bits per heavy atom. The van der Waals surface area contributed by atoms with E-state index in [-0.39, 0.29) is 29.9 Å². The monoisotopic (exact) mass is 488 g/mol. The summed E-state index contributed by atoms with van der Waals surface area (Å²) in [4.78, 5) is 16.7. The lowest BCUT2D eigenvalue weighted by Gasteiger charge is -2.13. The summed E-state index contributed by atoms with van der Waals surface area (Å²) < 4.78 is 5.34. The SMILES string of the molecule is CN=C(NCCCNC(=O)c1cccs1)NCc1ccccc1OC.I. The molecule has 0 bridgehead atoms. The number of rotatable bonds is 8. The maximum absolute atomic E-state index is 11.8. The highest BCUT2D eigenvalue weighted by molar-refractivity contribution is 14.0. The number of carbonyl (C=O) groups is 1. The lowest BCUT2D eigenvalue weighted by atomic mass is 10.2. The fourth-order valence-electron chi connectivity index (χ4n) is 2.24. The van der Waals surface area contributed by atoms with E-state index in [1.807, 2.05) is 41.8 Å². The van der Waals surface area contributed by atoms with Crippen LogP contribution in [0.15, 0.2) is 46.8 Å². The van der Waals surface area contributed by atoms with Crippen molar-refractivity contribution >= 4 is 47.2 Å². The van der Waals surface area contributed by atoms with E-state index >= 15 is 0 Å². The molecule has 142 valence electrons. The maximum Gasteiger partial charge on any atom is 0.261 e. The number of benzene rings is 1. The number of methoxy groups -OCH3 is 1. The van der Waals surface area contributed by atoms with Crippen LogP contribution in [0.4, 0.5) is 0 Å².